The number of nitrogens with one attached hydrogen (secondary N) is 1. The first kappa shape index (κ1) is 18.1. The number of sulfonamides is 1. The van der Waals surface area contributed by atoms with E-state index in [0.717, 1.165) is 19.6 Å². The van der Waals surface area contributed by atoms with Gasteiger partial charge in [0.2, 0.25) is 5.91 Å². The summed E-state index contributed by atoms with van der Waals surface area (Å²) in [4.78, 5) is 36.1. The van der Waals surface area contributed by atoms with Gasteiger partial charge in [-0.05, 0) is 5.56 Å². The molecule has 1 fully saturated rings. The molecule has 3 rings (SSSR count). The Hall–Kier alpha value is -2.72. The molecule has 0 aliphatic carbocycles. The van der Waals surface area contributed by atoms with Crippen LogP contribution in [0.4, 0.5) is 0 Å². The Morgan fingerprint density at radius 1 is 1.08 bits per heavy atom. The molecule has 1 amide bonds. The van der Waals surface area contributed by atoms with Crippen molar-refractivity contribution in [3.05, 3.63) is 62.9 Å². The Morgan fingerprint density at radius 3 is 2.38 bits per heavy atom. The Labute approximate surface area is 149 Å². The molecule has 2 heterocycles. The fourth-order valence-corrected chi connectivity index (χ4v) is 4.66. The lowest BCUT2D eigenvalue weighted by Gasteiger charge is -2.34. The molecule has 10 heteroatoms. The van der Waals surface area contributed by atoms with Crippen LogP contribution < -0.4 is 16.6 Å². The highest BCUT2D eigenvalue weighted by Crippen LogP contribution is 2.28. The van der Waals surface area contributed by atoms with Crippen molar-refractivity contribution in [3.8, 4) is 0 Å². The van der Waals surface area contributed by atoms with Crippen molar-refractivity contribution in [3.63, 3.8) is 0 Å². The van der Waals surface area contributed by atoms with Crippen molar-refractivity contribution in [2.45, 2.75) is 10.9 Å². The molecule has 1 aliphatic rings. The summed E-state index contributed by atoms with van der Waals surface area (Å²) in [6.45, 7) is 0.146. The Kier molecular flexibility index (Phi) is 4.55. The van der Waals surface area contributed by atoms with E-state index in [-0.39, 0.29) is 13.1 Å². The first-order valence-electron chi connectivity index (χ1n) is 7.86. The number of hydrogen-bond acceptors (Lipinski definition) is 5. The zero-order valence-corrected chi connectivity index (χ0v) is 15.1. The standard InChI is InChI=1S/C16H18N4O5S/c1-18-10-12(15(22)19(2)16(18)23)26(24,25)20-9-8-17-14(21)13(20)11-6-4-3-5-7-11/h3-7,10,13H,8-9H2,1-2H3,(H,17,21)/t13-/m0/s1. The van der Waals surface area contributed by atoms with Crippen LogP contribution in [0.3, 0.4) is 0 Å². The molecule has 0 saturated carbocycles. The van der Waals surface area contributed by atoms with Crippen LogP contribution in [0.5, 0.6) is 0 Å². The number of benzene rings is 1. The van der Waals surface area contributed by atoms with Crippen LogP contribution >= 0.6 is 0 Å². The Balaban J connectivity index is 2.18. The first-order chi connectivity index (χ1) is 12.2. The zero-order valence-electron chi connectivity index (χ0n) is 14.2. The number of amides is 1. The predicted octanol–water partition coefficient (Wildman–Crippen LogP) is -1.05. The maximum Gasteiger partial charge on any atom is 0.330 e. The maximum atomic E-state index is 13.2. The summed E-state index contributed by atoms with van der Waals surface area (Å²) in [5.74, 6) is -0.465. The lowest BCUT2D eigenvalue weighted by atomic mass is 10.1. The SMILES string of the molecule is Cn1cc(S(=O)(=O)N2CCNC(=O)[C@@H]2c2ccccc2)c(=O)n(C)c1=O. The van der Waals surface area contributed by atoms with Gasteiger partial charge in [-0.25, -0.2) is 13.2 Å². The van der Waals surface area contributed by atoms with Crippen molar-refractivity contribution in [1.82, 2.24) is 18.8 Å². The molecule has 26 heavy (non-hydrogen) atoms. The molecule has 1 atom stereocenters. The topological polar surface area (TPSA) is 110 Å². The second kappa shape index (κ2) is 6.54. The summed E-state index contributed by atoms with van der Waals surface area (Å²) in [5, 5.41) is 2.65. The second-order valence-corrected chi connectivity index (χ2v) is 7.83. The monoisotopic (exact) mass is 378 g/mol. The third-order valence-corrected chi connectivity index (χ3v) is 6.13. The molecule has 0 bridgehead atoms. The lowest BCUT2D eigenvalue weighted by molar-refractivity contribution is -0.126. The molecule has 0 radical (unpaired) electrons. The minimum atomic E-state index is -4.31. The Morgan fingerprint density at radius 2 is 1.73 bits per heavy atom. The molecule has 9 nitrogen and oxygen atoms in total. The number of carbonyl (C=O) groups excluding carboxylic acids is 1. The van der Waals surface area contributed by atoms with Crippen molar-refractivity contribution < 1.29 is 13.2 Å². The number of rotatable bonds is 3. The molecule has 0 unspecified atom stereocenters. The number of hydrogen-bond donors (Lipinski definition) is 1. The summed E-state index contributed by atoms with van der Waals surface area (Å²) in [7, 11) is -1.74. The second-order valence-electron chi connectivity index (χ2n) is 5.97. The quantitative estimate of drug-likeness (QED) is 0.732. The molecule has 1 aromatic carbocycles. The first-order valence-corrected chi connectivity index (χ1v) is 9.30. The molecular weight excluding hydrogens is 360 g/mol. The molecule has 1 saturated heterocycles. The van der Waals surface area contributed by atoms with Gasteiger partial charge in [-0.3, -0.25) is 14.2 Å². The minimum absolute atomic E-state index is 0.0135. The van der Waals surface area contributed by atoms with E-state index in [2.05, 4.69) is 5.32 Å². The molecule has 1 N–H and O–H groups in total. The van der Waals surface area contributed by atoms with Gasteiger partial charge in [-0.15, -0.1) is 0 Å². The predicted molar refractivity (Wildman–Crippen MR) is 93.0 cm³/mol. The molecule has 138 valence electrons. The van der Waals surface area contributed by atoms with E-state index in [1.165, 1.54) is 14.1 Å². The smallest absolute Gasteiger partial charge is 0.330 e. The van der Waals surface area contributed by atoms with E-state index in [9.17, 15) is 22.8 Å². The van der Waals surface area contributed by atoms with Gasteiger partial charge in [0.25, 0.3) is 15.6 Å². The van der Waals surface area contributed by atoms with Crippen molar-refractivity contribution in [1.29, 1.82) is 0 Å². The van der Waals surface area contributed by atoms with E-state index >= 15 is 0 Å². The van der Waals surface area contributed by atoms with Crippen molar-refractivity contribution >= 4 is 15.9 Å². The average Bonchev–Trinajstić information content (AvgIpc) is 2.63. The van der Waals surface area contributed by atoms with Gasteiger partial charge in [0.05, 0.1) is 0 Å². The van der Waals surface area contributed by atoms with Crippen LogP contribution in [0.25, 0.3) is 0 Å². The van der Waals surface area contributed by atoms with Crippen LogP contribution in [-0.2, 0) is 28.9 Å². The van der Waals surface area contributed by atoms with Crippen LogP contribution in [0.2, 0.25) is 0 Å². The molecule has 1 aromatic heterocycles. The summed E-state index contributed by atoms with van der Waals surface area (Å²) in [5.41, 5.74) is -1.06. The Bertz CT molecular complexity index is 1070. The largest absolute Gasteiger partial charge is 0.353 e. The van der Waals surface area contributed by atoms with Gasteiger partial charge in [0, 0.05) is 33.4 Å². The van der Waals surface area contributed by atoms with E-state index < -0.39 is 38.1 Å². The molecular formula is C16H18N4O5S. The van der Waals surface area contributed by atoms with Crippen LogP contribution in [0.1, 0.15) is 11.6 Å². The van der Waals surface area contributed by atoms with Gasteiger partial charge in [0.15, 0.2) is 4.90 Å². The number of piperazine rings is 1. The van der Waals surface area contributed by atoms with Crippen LogP contribution in [-0.4, -0.2) is 40.9 Å². The average molecular weight is 378 g/mol. The highest BCUT2D eigenvalue weighted by atomic mass is 32.2. The van der Waals surface area contributed by atoms with Crippen molar-refractivity contribution in [2.24, 2.45) is 14.1 Å². The number of carbonyl (C=O) groups is 1. The maximum absolute atomic E-state index is 13.2. The molecule has 1 aliphatic heterocycles. The van der Waals surface area contributed by atoms with E-state index in [1.54, 1.807) is 30.3 Å². The van der Waals surface area contributed by atoms with Gasteiger partial charge < -0.3 is 9.88 Å². The van der Waals surface area contributed by atoms with Crippen molar-refractivity contribution in [2.75, 3.05) is 13.1 Å². The third-order valence-electron chi connectivity index (χ3n) is 4.28. The number of nitrogens with zero attached hydrogens (tertiary/aromatic N) is 3. The van der Waals surface area contributed by atoms with E-state index in [4.69, 9.17) is 0 Å². The van der Waals surface area contributed by atoms with Gasteiger partial charge in [-0.2, -0.15) is 4.31 Å². The summed E-state index contributed by atoms with van der Waals surface area (Å²) >= 11 is 0. The molecule has 2 aromatic rings. The summed E-state index contributed by atoms with van der Waals surface area (Å²) < 4.78 is 29.1. The van der Waals surface area contributed by atoms with Gasteiger partial charge in [0.1, 0.15) is 6.04 Å². The highest BCUT2D eigenvalue weighted by molar-refractivity contribution is 7.89. The van der Waals surface area contributed by atoms with E-state index in [1.807, 2.05) is 0 Å². The fraction of sp³-hybridized carbons (Fsp3) is 0.312. The highest BCUT2D eigenvalue weighted by Gasteiger charge is 2.41. The van der Waals surface area contributed by atoms with E-state index in [0.29, 0.717) is 5.56 Å². The third kappa shape index (κ3) is 2.86. The zero-order chi connectivity index (χ0) is 19.1. The summed E-state index contributed by atoms with van der Waals surface area (Å²) in [6, 6.07) is 7.37. The van der Waals surface area contributed by atoms with Gasteiger partial charge in [-0.1, -0.05) is 30.3 Å². The fourth-order valence-electron chi connectivity index (χ4n) is 2.94. The number of aromatic nitrogens is 2. The normalized spacial score (nSPS) is 18.5. The van der Waals surface area contributed by atoms with Crippen LogP contribution in [0, 0.1) is 0 Å². The minimum Gasteiger partial charge on any atom is -0.353 e. The summed E-state index contributed by atoms with van der Waals surface area (Å²) in [6.07, 6.45) is 0.995. The molecule has 0 spiro atoms. The van der Waals surface area contributed by atoms with Gasteiger partial charge >= 0.3 is 5.69 Å². The lowest BCUT2D eigenvalue weighted by Crippen LogP contribution is -2.53. The van der Waals surface area contributed by atoms with Crippen LogP contribution in [0.15, 0.2) is 51.0 Å². The number of aryl methyl sites for hydroxylation is 1.